The molecule has 0 unspecified atom stereocenters. The van der Waals surface area contributed by atoms with Gasteiger partial charge in [0, 0.05) is 37.3 Å². The zero-order valence-electron chi connectivity index (χ0n) is 20.1. The van der Waals surface area contributed by atoms with Crippen molar-refractivity contribution in [2.24, 2.45) is 5.10 Å². The highest BCUT2D eigenvalue weighted by Crippen LogP contribution is 2.33. The van der Waals surface area contributed by atoms with Gasteiger partial charge in [-0.1, -0.05) is 30.7 Å². The number of halogens is 2. The van der Waals surface area contributed by atoms with Gasteiger partial charge in [0.1, 0.15) is 0 Å². The molecule has 4 aromatic rings. The number of hydrazone groups is 1. The van der Waals surface area contributed by atoms with Crippen molar-refractivity contribution in [3.63, 3.8) is 0 Å². The smallest absolute Gasteiger partial charge is 0.271 e. The minimum atomic E-state index is -0.322. The molecule has 0 fully saturated rings. The van der Waals surface area contributed by atoms with Crippen LogP contribution in [0.15, 0.2) is 75.6 Å². The maximum Gasteiger partial charge on any atom is 0.271 e. The van der Waals surface area contributed by atoms with E-state index >= 15 is 0 Å². The van der Waals surface area contributed by atoms with Crippen LogP contribution < -0.4 is 20.2 Å². The standard InChI is InChI=1S/C27H24BrClN4O3S/c1-3-12-36-25-14-22(28)19(13-24(25)35-2)15-30-33-26(34)18-6-4-17(5-7-18)23-16-37-27(32-23)31-21-10-8-20(29)9-11-21/h4-11,13-16H,3,12H2,1-2H3,(H,31,32)(H,33,34)/b30-15-. The Morgan fingerprint density at radius 2 is 1.89 bits per heavy atom. The zero-order chi connectivity index (χ0) is 26.2. The van der Waals surface area contributed by atoms with Crippen LogP contribution in [0.1, 0.15) is 29.3 Å². The van der Waals surface area contributed by atoms with Crippen LogP contribution >= 0.6 is 38.9 Å². The second-order valence-electron chi connectivity index (χ2n) is 7.82. The summed E-state index contributed by atoms with van der Waals surface area (Å²) < 4.78 is 11.9. The minimum Gasteiger partial charge on any atom is -0.493 e. The van der Waals surface area contributed by atoms with Crippen LogP contribution in [0.5, 0.6) is 11.5 Å². The molecule has 0 aliphatic heterocycles. The van der Waals surface area contributed by atoms with Crippen molar-refractivity contribution in [2.75, 3.05) is 19.0 Å². The Kier molecular flexibility index (Phi) is 9.16. The lowest BCUT2D eigenvalue weighted by atomic mass is 10.1. The zero-order valence-corrected chi connectivity index (χ0v) is 23.3. The third-order valence-corrected chi connectivity index (χ3v) is 6.85. The van der Waals surface area contributed by atoms with E-state index < -0.39 is 0 Å². The number of benzene rings is 3. The van der Waals surface area contributed by atoms with Crippen molar-refractivity contribution in [1.82, 2.24) is 10.4 Å². The number of ether oxygens (including phenoxy) is 2. The number of carbonyl (C=O) groups excluding carboxylic acids is 1. The van der Waals surface area contributed by atoms with E-state index in [9.17, 15) is 4.79 Å². The van der Waals surface area contributed by atoms with E-state index in [1.165, 1.54) is 11.3 Å². The van der Waals surface area contributed by atoms with Gasteiger partial charge in [-0.25, -0.2) is 10.4 Å². The number of thiazole rings is 1. The molecular formula is C27H24BrClN4O3S. The molecule has 0 saturated carbocycles. The molecule has 7 nitrogen and oxygen atoms in total. The highest BCUT2D eigenvalue weighted by Gasteiger charge is 2.11. The third-order valence-electron chi connectivity index (χ3n) is 5.16. The number of amides is 1. The SMILES string of the molecule is CCCOc1cc(Br)c(/C=N\NC(=O)c2ccc(-c3csc(Nc4ccc(Cl)cc4)n3)cc2)cc1OC. The molecule has 1 amide bonds. The van der Waals surface area contributed by atoms with Crippen LogP contribution in [0.2, 0.25) is 5.02 Å². The van der Waals surface area contributed by atoms with Crippen LogP contribution in [0, 0.1) is 0 Å². The minimum absolute atomic E-state index is 0.322. The summed E-state index contributed by atoms with van der Waals surface area (Å²) in [5, 5.41) is 10.8. The Balaban J connectivity index is 1.37. The van der Waals surface area contributed by atoms with Gasteiger partial charge in [-0.3, -0.25) is 4.79 Å². The van der Waals surface area contributed by atoms with E-state index in [2.05, 4.69) is 36.8 Å². The van der Waals surface area contributed by atoms with Gasteiger partial charge in [0.15, 0.2) is 16.6 Å². The van der Waals surface area contributed by atoms with Crippen LogP contribution in [-0.4, -0.2) is 30.8 Å². The molecule has 37 heavy (non-hydrogen) atoms. The highest BCUT2D eigenvalue weighted by molar-refractivity contribution is 9.10. The Labute approximate surface area is 232 Å². The lowest BCUT2D eigenvalue weighted by molar-refractivity contribution is 0.0955. The predicted molar refractivity (Wildman–Crippen MR) is 154 cm³/mol. The first kappa shape index (κ1) is 26.7. The van der Waals surface area contributed by atoms with Gasteiger partial charge < -0.3 is 14.8 Å². The summed E-state index contributed by atoms with van der Waals surface area (Å²) in [5.74, 6) is 0.913. The Bertz CT molecular complexity index is 1390. The van der Waals surface area contributed by atoms with Gasteiger partial charge in [0.05, 0.1) is 25.6 Å². The Morgan fingerprint density at radius 3 is 2.59 bits per heavy atom. The summed E-state index contributed by atoms with van der Waals surface area (Å²) in [5.41, 5.74) is 6.41. The van der Waals surface area contributed by atoms with Crippen LogP contribution in [0.3, 0.4) is 0 Å². The fourth-order valence-electron chi connectivity index (χ4n) is 3.27. The van der Waals surface area contributed by atoms with Crippen molar-refractivity contribution < 1.29 is 14.3 Å². The van der Waals surface area contributed by atoms with Gasteiger partial charge in [-0.05, 0) is 70.9 Å². The number of aromatic nitrogens is 1. The number of nitrogens with one attached hydrogen (secondary N) is 2. The molecule has 1 aromatic heterocycles. The normalized spacial score (nSPS) is 10.9. The molecule has 0 aliphatic carbocycles. The molecule has 2 N–H and O–H groups in total. The summed E-state index contributed by atoms with van der Waals surface area (Å²) in [6.45, 7) is 2.63. The molecule has 0 radical (unpaired) electrons. The Morgan fingerprint density at radius 1 is 1.14 bits per heavy atom. The quantitative estimate of drug-likeness (QED) is 0.145. The molecule has 1 heterocycles. The van der Waals surface area contributed by atoms with Crippen molar-refractivity contribution in [3.8, 4) is 22.8 Å². The van der Waals surface area contributed by atoms with E-state index in [0.29, 0.717) is 28.7 Å². The lowest BCUT2D eigenvalue weighted by Crippen LogP contribution is -2.17. The van der Waals surface area contributed by atoms with E-state index in [0.717, 1.165) is 38.5 Å². The molecule has 3 aromatic carbocycles. The fraction of sp³-hybridized carbons (Fsp3) is 0.148. The third kappa shape index (κ3) is 7.09. The predicted octanol–water partition coefficient (Wildman–Crippen LogP) is 7.53. The number of hydrogen-bond donors (Lipinski definition) is 2. The van der Waals surface area contributed by atoms with Gasteiger partial charge in [0.25, 0.3) is 5.91 Å². The van der Waals surface area contributed by atoms with Crippen LogP contribution in [0.4, 0.5) is 10.8 Å². The lowest BCUT2D eigenvalue weighted by Gasteiger charge is -2.12. The summed E-state index contributed by atoms with van der Waals surface area (Å²) in [6, 6.07) is 18.2. The van der Waals surface area contributed by atoms with Gasteiger partial charge >= 0.3 is 0 Å². The maximum atomic E-state index is 12.6. The molecule has 190 valence electrons. The van der Waals surface area contributed by atoms with Gasteiger partial charge in [-0.2, -0.15) is 5.10 Å². The molecule has 0 atom stereocenters. The summed E-state index contributed by atoms with van der Waals surface area (Å²) in [7, 11) is 1.58. The molecule has 4 rings (SSSR count). The first-order valence-electron chi connectivity index (χ1n) is 11.4. The molecule has 10 heteroatoms. The number of hydrogen-bond acceptors (Lipinski definition) is 7. The Hall–Kier alpha value is -3.40. The average Bonchev–Trinajstić information content (AvgIpc) is 3.38. The summed E-state index contributed by atoms with van der Waals surface area (Å²) >= 11 is 10.9. The first-order chi connectivity index (χ1) is 18.0. The molecule has 0 saturated heterocycles. The molecule has 0 spiro atoms. The van der Waals surface area contributed by atoms with Crippen LogP contribution in [0.25, 0.3) is 11.3 Å². The van der Waals surface area contributed by atoms with Crippen LogP contribution in [-0.2, 0) is 0 Å². The number of nitrogens with zero attached hydrogens (tertiary/aromatic N) is 2. The molecular weight excluding hydrogens is 576 g/mol. The summed E-state index contributed by atoms with van der Waals surface area (Å²) in [4.78, 5) is 17.2. The first-order valence-corrected chi connectivity index (χ1v) is 13.4. The monoisotopic (exact) mass is 598 g/mol. The second kappa shape index (κ2) is 12.7. The number of methoxy groups -OCH3 is 1. The van der Waals surface area contributed by atoms with Crippen molar-refractivity contribution in [3.05, 3.63) is 86.7 Å². The fourth-order valence-corrected chi connectivity index (χ4v) is 4.56. The van der Waals surface area contributed by atoms with Crippen molar-refractivity contribution in [2.45, 2.75) is 13.3 Å². The maximum absolute atomic E-state index is 12.6. The van der Waals surface area contributed by atoms with Gasteiger partial charge in [0.2, 0.25) is 0 Å². The van der Waals surface area contributed by atoms with E-state index in [4.69, 9.17) is 21.1 Å². The van der Waals surface area contributed by atoms with E-state index in [-0.39, 0.29) is 5.91 Å². The van der Waals surface area contributed by atoms with E-state index in [1.54, 1.807) is 31.5 Å². The molecule has 0 aliphatic rings. The number of anilines is 2. The van der Waals surface area contributed by atoms with Crippen molar-refractivity contribution >= 4 is 61.8 Å². The number of rotatable bonds is 10. The topological polar surface area (TPSA) is 84.8 Å². The number of carbonyl (C=O) groups is 1. The van der Waals surface area contributed by atoms with Gasteiger partial charge in [-0.15, -0.1) is 11.3 Å². The second-order valence-corrected chi connectivity index (χ2v) is 9.97. The highest BCUT2D eigenvalue weighted by atomic mass is 79.9. The van der Waals surface area contributed by atoms with E-state index in [1.807, 2.05) is 54.8 Å². The largest absolute Gasteiger partial charge is 0.493 e. The average molecular weight is 600 g/mol. The van der Waals surface area contributed by atoms with Crippen molar-refractivity contribution in [1.29, 1.82) is 0 Å². The molecule has 0 bridgehead atoms. The summed E-state index contributed by atoms with van der Waals surface area (Å²) in [6.07, 6.45) is 2.44.